The van der Waals surface area contributed by atoms with Crippen LogP contribution < -0.4 is 5.32 Å². The number of benzene rings is 2. The monoisotopic (exact) mass is 340 g/mol. The van der Waals surface area contributed by atoms with Crippen molar-refractivity contribution < 1.29 is 15.0 Å². The summed E-state index contributed by atoms with van der Waals surface area (Å²) in [5.41, 5.74) is 3.45. The lowest BCUT2D eigenvalue weighted by molar-refractivity contribution is -0.121. The lowest BCUT2D eigenvalue weighted by atomic mass is 10.00. The molecule has 2 aromatic carbocycles. The zero-order valence-corrected chi connectivity index (χ0v) is 14.2. The van der Waals surface area contributed by atoms with Crippen molar-refractivity contribution in [1.82, 2.24) is 10.2 Å². The number of aliphatic hydroxyl groups is 1. The second kappa shape index (κ2) is 8.14. The number of carbonyl (C=O) groups is 1. The fourth-order valence-electron chi connectivity index (χ4n) is 3.22. The number of aromatic hydroxyl groups is 1. The molecular weight excluding hydrogens is 316 g/mol. The predicted octanol–water partition coefficient (Wildman–Crippen LogP) is 1.47. The van der Waals surface area contributed by atoms with Crippen LogP contribution in [-0.4, -0.2) is 46.8 Å². The third kappa shape index (κ3) is 5.05. The number of phenolic OH excluding ortho intramolecular Hbond substituents is 1. The maximum Gasteiger partial charge on any atom is 0.224 e. The molecule has 1 aliphatic heterocycles. The minimum Gasteiger partial charge on any atom is -0.508 e. The van der Waals surface area contributed by atoms with Crippen LogP contribution in [0.25, 0.3) is 0 Å². The lowest BCUT2D eigenvalue weighted by Crippen LogP contribution is -2.42. The van der Waals surface area contributed by atoms with Crippen LogP contribution in [0.3, 0.4) is 0 Å². The van der Waals surface area contributed by atoms with Gasteiger partial charge in [0.15, 0.2) is 0 Å². The summed E-state index contributed by atoms with van der Waals surface area (Å²) in [5.74, 6) is -0.00986. The molecule has 25 heavy (non-hydrogen) atoms. The molecule has 0 saturated heterocycles. The van der Waals surface area contributed by atoms with Gasteiger partial charge in [-0.05, 0) is 35.2 Å². The number of nitrogens with zero attached hydrogens (tertiary/aromatic N) is 1. The van der Waals surface area contributed by atoms with E-state index in [4.69, 9.17) is 0 Å². The lowest BCUT2D eigenvalue weighted by Gasteiger charge is -2.30. The van der Waals surface area contributed by atoms with Crippen LogP contribution >= 0.6 is 0 Å². The minimum absolute atomic E-state index is 0.149. The number of hydrogen-bond acceptors (Lipinski definition) is 4. The summed E-state index contributed by atoms with van der Waals surface area (Å²) >= 11 is 0. The fraction of sp³-hybridized carbons (Fsp3) is 0.350. The average Bonchev–Trinajstić information content (AvgIpc) is 2.60. The third-order valence-electron chi connectivity index (χ3n) is 4.49. The van der Waals surface area contributed by atoms with Crippen LogP contribution in [0, 0.1) is 0 Å². The second-order valence-electron chi connectivity index (χ2n) is 6.56. The van der Waals surface area contributed by atoms with Crippen LogP contribution in [0.2, 0.25) is 0 Å². The van der Waals surface area contributed by atoms with E-state index < -0.39 is 6.10 Å². The van der Waals surface area contributed by atoms with Crippen LogP contribution in [0.1, 0.15) is 16.7 Å². The van der Waals surface area contributed by atoms with E-state index in [0.717, 1.165) is 25.1 Å². The molecule has 132 valence electrons. The highest BCUT2D eigenvalue weighted by Gasteiger charge is 2.18. The molecule has 0 spiro atoms. The number of hydrogen-bond donors (Lipinski definition) is 3. The molecule has 5 nitrogen and oxygen atoms in total. The Bertz CT molecular complexity index is 732. The van der Waals surface area contributed by atoms with Crippen LogP contribution in [0.15, 0.2) is 48.5 Å². The van der Waals surface area contributed by atoms with E-state index in [0.29, 0.717) is 6.54 Å². The van der Waals surface area contributed by atoms with Crippen molar-refractivity contribution in [3.63, 3.8) is 0 Å². The molecule has 3 rings (SSSR count). The molecule has 0 saturated carbocycles. The molecule has 0 aliphatic carbocycles. The van der Waals surface area contributed by atoms with Gasteiger partial charge in [-0.2, -0.15) is 0 Å². The largest absolute Gasteiger partial charge is 0.508 e. The van der Waals surface area contributed by atoms with E-state index in [2.05, 4.69) is 28.4 Å². The van der Waals surface area contributed by atoms with Gasteiger partial charge < -0.3 is 15.5 Å². The summed E-state index contributed by atoms with van der Waals surface area (Å²) in [6.45, 7) is 2.53. The molecule has 0 bridgehead atoms. The number of carbonyl (C=O) groups excluding carboxylic acids is 1. The van der Waals surface area contributed by atoms with E-state index in [1.165, 1.54) is 11.1 Å². The van der Waals surface area contributed by atoms with Gasteiger partial charge in [-0.15, -0.1) is 0 Å². The van der Waals surface area contributed by atoms with Gasteiger partial charge in [-0.1, -0.05) is 36.4 Å². The minimum atomic E-state index is -0.599. The number of aliphatic hydroxyl groups excluding tert-OH is 1. The zero-order chi connectivity index (χ0) is 17.6. The molecule has 0 radical (unpaired) electrons. The van der Waals surface area contributed by atoms with Crippen LogP contribution in [0.4, 0.5) is 0 Å². The molecule has 1 heterocycles. The Labute approximate surface area is 147 Å². The van der Waals surface area contributed by atoms with Crippen LogP contribution in [0.5, 0.6) is 5.75 Å². The normalized spacial score (nSPS) is 15.4. The molecule has 0 aromatic heterocycles. The first-order chi connectivity index (χ1) is 12.1. The Morgan fingerprint density at radius 3 is 2.76 bits per heavy atom. The average molecular weight is 340 g/mol. The van der Waals surface area contributed by atoms with E-state index in [9.17, 15) is 15.0 Å². The van der Waals surface area contributed by atoms with Gasteiger partial charge in [-0.25, -0.2) is 0 Å². The first-order valence-electron chi connectivity index (χ1n) is 8.62. The highest BCUT2D eigenvalue weighted by molar-refractivity contribution is 5.78. The maximum absolute atomic E-state index is 12.0. The summed E-state index contributed by atoms with van der Waals surface area (Å²) in [5, 5.41) is 22.4. The summed E-state index contributed by atoms with van der Waals surface area (Å²) in [6.07, 6.45) is 0.587. The molecule has 0 fully saturated rings. The topological polar surface area (TPSA) is 72.8 Å². The van der Waals surface area contributed by atoms with Crippen molar-refractivity contribution in [3.8, 4) is 5.75 Å². The second-order valence-corrected chi connectivity index (χ2v) is 6.56. The quantitative estimate of drug-likeness (QED) is 0.745. The Balaban J connectivity index is 1.42. The van der Waals surface area contributed by atoms with Gasteiger partial charge in [0, 0.05) is 26.2 Å². The first-order valence-corrected chi connectivity index (χ1v) is 8.62. The van der Waals surface area contributed by atoms with Gasteiger partial charge in [0.05, 0.1) is 12.5 Å². The van der Waals surface area contributed by atoms with E-state index in [-0.39, 0.29) is 24.6 Å². The predicted molar refractivity (Wildman–Crippen MR) is 96.3 cm³/mol. The van der Waals surface area contributed by atoms with E-state index in [1.54, 1.807) is 24.3 Å². The summed E-state index contributed by atoms with van der Waals surface area (Å²) in [6, 6.07) is 15.0. The highest BCUT2D eigenvalue weighted by atomic mass is 16.3. The highest BCUT2D eigenvalue weighted by Crippen LogP contribution is 2.18. The number of fused-ring (bicyclic) bond motifs is 1. The molecular formula is C20H24N2O3. The van der Waals surface area contributed by atoms with Crippen molar-refractivity contribution in [1.29, 1.82) is 0 Å². The Hall–Kier alpha value is -2.37. The Kier molecular flexibility index (Phi) is 5.68. The van der Waals surface area contributed by atoms with Gasteiger partial charge in [-0.3, -0.25) is 9.69 Å². The number of nitrogens with one attached hydrogen (secondary N) is 1. The van der Waals surface area contributed by atoms with Gasteiger partial charge in [0.25, 0.3) is 0 Å². The summed E-state index contributed by atoms with van der Waals surface area (Å²) < 4.78 is 0. The number of amides is 1. The van der Waals surface area contributed by atoms with E-state index in [1.807, 2.05) is 6.07 Å². The molecule has 3 N–H and O–H groups in total. The first kappa shape index (κ1) is 17.5. The smallest absolute Gasteiger partial charge is 0.224 e. The van der Waals surface area contributed by atoms with Gasteiger partial charge in [0.1, 0.15) is 5.75 Å². The Morgan fingerprint density at radius 1 is 1.16 bits per heavy atom. The van der Waals surface area contributed by atoms with Gasteiger partial charge in [0.2, 0.25) is 5.91 Å². The van der Waals surface area contributed by atoms with Crippen molar-refractivity contribution in [3.05, 3.63) is 65.2 Å². The zero-order valence-electron chi connectivity index (χ0n) is 14.2. The van der Waals surface area contributed by atoms with Crippen molar-refractivity contribution in [2.24, 2.45) is 0 Å². The fourth-order valence-corrected chi connectivity index (χ4v) is 3.22. The SMILES string of the molecule is O=C(Cc1cccc(O)c1)NC[C@@H](O)CN1CCc2ccccc2C1. The maximum atomic E-state index is 12.0. The van der Waals surface area contributed by atoms with Crippen LogP contribution in [-0.2, 0) is 24.2 Å². The van der Waals surface area contributed by atoms with Crippen molar-refractivity contribution in [2.45, 2.75) is 25.5 Å². The van der Waals surface area contributed by atoms with Crippen molar-refractivity contribution in [2.75, 3.05) is 19.6 Å². The third-order valence-corrected chi connectivity index (χ3v) is 4.49. The number of β-amino-alcohol motifs (C(OH)–C–C–N with tert-alkyl or cyclic N) is 1. The standard InChI is InChI=1S/C20H24N2O3/c23-18-7-3-4-15(10-18)11-20(25)21-12-19(24)14-22-9-8-16-5-1-2-6-17(16)13-22/h1-7,10,19,23-24H,8-9,11-14H2,(H,21,25)/t19-/m1/s1. The molecule has 0 unspecified atom stereocenters. The number of rotatable bonds is 6. The number of phenols is 1. The molecule has 5 heteroatoms. The van der Waals surface area contributed by atoms with Gasteiger partial charge >= 0.3 is 0 Å². The summed E-state index contributed by atoms with van der Waals surface area (Å²) in [4.78, 5) is 14.2. The Morgan fingerprint density at radius 2 is 1.96 bits per heavy atom. The molecule has 1 amide bonds. The van der Waals surface area contributed by atoms with E-state index >= 15 is 0 Å². The molecule has 1 aliphatic rings. The molecule has 1 atom stereocenters. The van der Waals surface area contributed by atoms with Crippen molar-refractivity contribution >= 4 is 5.91 Å². The summed E-state index contributed by atoms with van der Waals surface area (Å²) in [7, 11) is 0. The molecule has 2 aromatic rings.